The number of aliphatic imine (C=N–C) groups is 1. The molecule has 1 aromatic carbocycles. The van der Waals surface area contributed by atoms with E-state index in [1.807, 2.05) is 57.1 Å². The van der Waals surface area contributed by atoms with Gasteiger partial charge < -0.3 is 19.1 Å². The van der Waals surface area contributed by atoms with Gasteiger partial charge in [-0.15, -0.1) is 0 Å². The Bertz CT molecular complexity index is 898. The Hall–Kier alpha value is -2.87. The lowest BCUT2D eigenvalue weighted by atomic mass is 10.2. The third-order valence-corrected chi connectivity index (χ3v) is 4.70. The van der Waals surface area contributed by atoms with Crippen LogP contribution in [0.25, 0.3) is 6.08 Å². The van der Waals surface area contributed by atoms with E-state index in [0.29, 0.717) is 16.3 Å². The molecule has 3 rings (SSSR count). The summed E-state index contributed by atoms with van der Waals surface area (Å²) in [4.78, 5) is 23.5. The lowest BCUT2D eigenvalue weighted by Gasteiger charge is -2.09. The van der Waals surface area contributed by atoms with Crippen LogP contribution < -0.4 is 14.4 Å². The van der Waals surface area contributed by atoms with Crippen LogP contribution in [0.2, 0.25) is 0 Å². The van der Waals surface area contributed by atoms with Crippen LogP contribution in [0.5, 0.6) is 11.6 Å². The van der Waals surface area contributed by atoms with Crippen molar-refractivity contribution in [2.45, 2.75) is 20.0 Å². The second-order valence-corrected chi connectivity index (χ2v) is 7.30. The van der Waals surface area contributed by atoms with Gasteiger partial charge in [0, 0.05) is 19.7 Å². The summed E-state index contributed by atoms with van der Waals surface area (Å²) in [7, 11) is 5.32. The minimum atomic E-state index is -0.505. The Kier molecular flexibility index (Phi) is 5.46. The van der Waals surface area contributed by atoms with Gasteiger partial charge in [-0.3, -0.25) is 0 Å². The van der Waals surface area contributed by atoms with Crippen molar-refractivity contribution in [1.29, 1.82) is 0 Å². The van der Waals surface area contributed by atoms with Crippen LogP contribution in [-0.4, -0.2) is 44.2 Å². The van der Waals surface area contributed by atoms with E-state index in [1.165, 1.54) is 11.3 Å². The van der Waals surface area contributed by atoms with Crippen molar-refractivity contribution in [3.8, 4) is 11.6 Å². The molecule has 0 radical (unpaired) electrons. The Labute approximate surface area is 161 Å². The van der Waals surface area contributed by atoms with Crippen molar-refractivity contribution in [2.75, 3.05) is 26.1 Å². The number of carbonyl (C=O) groups excluding carboxylic acids is 1. The van der Waals surface area contributed by atoms with Gasteiger partial charge in [-0.05, 0) is 44.2 Å². The molecule has 0 aliphatic carbocycles. The van der Waals surface area contributed by atoms with Gasteiger partial charge in [-0.2, -0.15) is 4.98 Å². The van der Waals surface area contributed by atoms with E-state index in [2.05, 4.69) is 9.98 Å². The Morgan fingerprint density at radius 3 is 2.52 bits per heavy atom. The van der Waals surface area contributed by atoms with Crippen molar-refractivity contribution in [3.05, 3.63) is 40.4 Å². The normalized spacial score (nSPS) is 15.1. The molecule has 2 heterocycles. The van der Waals surface area contributed by atoms with E-state index in [9.17, 15) is 4.79 Å². The van der Waals surface area contributed by atoms with Crippen LogP contribution in [0.3, 0.4) is 0 Å². The van der Waals surface area contributed by atoms with Gasteiger partial charge in [0.25, 0.3) is 0 Å². The number of nitrogens with zero attached hydrogens (tertiary/aromatic N) is 3. The molecule has 7 nitrogen and oxygen atoms in total. The molecule has 1 aliphatic rings. The molecule has 0 fully saturated rings. The van der Waals surface area contributed by atoms with Crippen molar-refractivity contribution < 1.29 is 19.0 Å². The second-order valence-electron chi connectivity index (χ2n) is 6.29. The number of benzene rings is 1. The molecule has 0 saturated heterocycles. The number of rotatable bonds is 6. The van der Waals surface area contributed by atoms with Gasteiger partial charge >= 0.3 is 5.97 Å². The van der Waals surface area contributed by atoms with Crippen LogP contribution in [0, 0.1) is 0 Å². The van der Waals surface area contributed by atoms with Gasteiger partial charge in [0.1, 0.15) is 5.75 Å². The monoisotopic (exact) mass is 387 g/mol. The molecule has 8 heteroatoms. The third-order valence-electron chi connectivity index (χ3n) is 3.55. The van der Waals surface area contributed by atoms with Crippen molar-refractivity contribution in [3.63, 3.8) is 0 Å². The minimum absolute atomic E-state index is 0.0912. The smallest absolute Gasteiger partial charge is 0.363 e. The summed E-state index contributed by atoms with van der Waals surface area (Å²) in [5, 5.41) is 0.773. The van der Waals surface area contributed by atoms with Crippen LogP contribution in [-0.2, 0) is 9.53 Å². The first-order chi connectivity index (χ1) is 12.9. The number of aromatic nitrogens is 1. The first kappa shape index (κ1) is 18.9. The zero-order valence-electron chi connectivity index (χ0n) is 15.8. The number of carbonyl (C=O) groups is 1. The highest BCUT2D eigenvalue weighted by molar-refractivity contribution is 7.16. The number of thiazole rings is 1. The number of esters is 1. The fourth-order valence-electron chi connectivity index (χ4n) is 2.34. The largest absolute Gasteiger partial charge is 0.491 e. The summed E-state index contributed by atoms with van der Waals surface area (Å²) >= 11 is 1.41. The standard InChI is InChI=1S/C19H21N3O4S/c1-11(2)25-13-8-6-12(7-9-13)16-20-14(18(23)26-16)10-15-17(24-5)21-19(27-15)22(3)4/h6-11H,1-5H3/b14-10-. The average molecular weight is 387 g/mol. The van der Waals surface area contributed by atoms with E-state index in [0.717, 1.165) is 10.9 Å². The highest BCUT2D eigenvalue weighted by Crippen LogP contribution is 2.33. The van der Waals surface area contributed by atoms with Crippen molar-refractivity contribution in [2.24, 2.45) is 4.99 Å². The molecule has 1 aliphatic heterocycles. The number of methoxy groups -OCH3 is 1. The summed E-state index contributed by atoms with van der Waals surface area (Å²) in [6, 6.07) is 7.26. The van der Waals surface area contributed by atoms with Crippen LogP contribution in [0.15, 0.2) is 35.0 Å². The highest BCUT2D eigenvalue weighted by atomic mass is 32.1. The maximum Gasteiger partial charge on any atom is 0.363 e. The SMILES string of the molecule is COc1nc(N(C)C)sc1/C=C1\N=C(c2ccc(OC(C)C)cc2)OC1=O. The summed E-state index contributed by atoms with van der Waals surface area (Å²) < 4.78 is 16.2. The number of ether oxygens (including phenoxy) is 3. The summed E-state index contributed by atoms with van der Waals surface area (Å²) in [5.74, 6) is 0.955. The van der Waals surface area contributed by atoms with Gasteiger partial charge in [0.15, 0.2) is 10.8 Å². The molecule has 0 N–H and O–H groups in total. The maximum atomic E-state index is 12.2. The molecule has 2 aromatic rings. The van der Waals surface area contributed by atoms with E-state index in [4.69, 9.17) is 14.2 Å². The van der Waals surface area contributed by atoms with E-state index in [-0.39, 0.29) is 17.7 Å². The van der Waals surface area contributed by atoms with Crippen LogP contribution in [0.4, 0.5) is 5.13 Å². The number of hydrogen-bond acceptors (Lipinski definition) is 8. The second kappa shape index (κ2) is 7.79. The van der Waals surface area contributed by atoms with Crippen LogP contribution in [0.1, 0.15) is 24.3 Å². The third kappa shape index (κ3) is 4.28. The number of hydrogen-bond donors (Lipinski definition) is 0. The number of anilines is 1. The maximum absolute atomic E-state index is 12.2. The lowest BCUT2D eigenvalue weighted by Crippen LogP contribution is -2.07. The highest BCUT2D eigenvalue weighted by Gasteiger charge is 2.25. The van der Waals surface area contributed by atoms with E-state index in [1.54, 1.807) is 13.2 Å². The number of cyclic esters (lactones) is 1. The molecular weight excluding hydrogens is 366 g/mol. The predicted octanol–water partition coefficient (Wildman–Crippen LogP) is 3.35. The molecule has 27 heavy (non-hydrogen) atoms. The van der Waals surface area contributed by atoms with E-state index >= 15 is 0 Å². The van der Waals surface area contributed by atoms with Crippen LogP contribution >= 0.6 is 11.3 Å². The molecule has 0 saturated carbocycles. The average Bonchev–Trinajstić information content (AvgIpc) is 3.19. The Morgan fingerprint density at radius 2 is 1.93 bits per heavy atom. The fraction of sp³-hybridized carbons (Fsp3) is 0.316. The predicted molar refractivity (Wildman–Crippen MR) is 106 cm³/mol. The Morgan fingerprint density at radius 1 is 1.22 bits per heavy atom. The fourth-order valence-corrected chi connectivity index (χ4v) is 3.24. The Balaban J connectivity index is 1.87. The molecule has 0 unspecified atom stereocenters. The molecule has 0 spiro atoms. The molecule has 1 aromatic heterocycles. The summed E-state index contributed by atoms with van der Waals surface area (Å²) in [5.41, 5.74) is 0.910. The lowest BCUT2D eigenvalue weighted by molar-refractivity contribution is -0.129. The zero-order chi connectivity index (χ0) is 19.6. The topological polar surface area (TPSA) is 73.2 Å². The van der Waals surface area contributed by atoms with Gasteiger partial charge in [0.2, 0.25) is 11.8 Å². The summed E-state index contributed by atoms with van der Waals surface area (Å²) in [6.45, 7) is 3.92. The molecule has 0 atom stereocenters. The van der Waals surface area contributed by atoms with Gasteiger partial charge in [-0.1, -0.05) is 11.3 Å². The molecule has 142 valence electrons. The first-order valence-electron chi connectivity index (χ1n) is 8.39. The molecule has 0 bridgehead atoms. The first-order valence-corrected chi connectivity index (χ1v) is 9.21. The zero-order valence-corrected chi connectivity index (χ0v) is 16.7. The van der Waals surface area contributed by atoms with Crippen molar-refractivity contribution in [1.82, 2.24) is 4.98 Å². The molecule has 0 amide bonds. The van der Waals surface area contributed by atoms with E-state index < -0.39 is 5.97 Å². The van der Waals surface area contributed by atoms with Gasteiger partial charge in [-0.25, -0.2) is 9.79 Å². The quantitative estimate of drug-likeness (QED) is 0.559. The van der Waals surface area contributed by atoms with Crippen molar-refractivity contribution >= 4 is 34.4 Å². The molecular formula is C19H21N3O4S. The minimum Gasteiger partial charge on any atom is -0.491 e. The summed E-state index contributed by atoms with van der Waals surface area (Å²) in [6.07, 6.45) is 1.73. The van der Waals surface area contributed by atoms with Gasteiger partial charge in [0.05, 0.1) is 18.1 Å².